The Hall–Kier alpha value is -0.800. The van der Waals surface area contributed by atoms with Gasteiger partial charge in [0.15, 0.2) is 0 Å². The van der Waals surface area contributed by atoms with Gasteiger partial charge in [0.05, 0.1) is 21.5 Å². The van der Waals surface area contributed by atoms with E-state index in [0.29, 0.717) is 24.6 Å². The third-order valence-electron chi connectivity index (χ3n) is 3.85. The molecule has 0 heterocycles. The monoisotopic (exact) mass is 452 g/mol. The highest BCUT2D eigenvalue weighted by Gasteiger charge is 2.30. The fourth-order valence-electron chi connectivity index (χ4n) is 2.67. The molecule has 0 atom stereocenters. The predicted octanol–water partition coefficient (Wildman–Crippen LogP) is 7.02. The van der Waals surface area contributed by atoms with Gasteiger partial charge in [-0.05, 0) is 25.0 Å². The van der Waals surface area contributed by atoms with Crippen molar-refractivity contribution in [1.29, 1.82) is 0 Å². The Labute approximate surface area is 166 Å². The molecule has 0 unspecified atom stereocenters. The number of nitrogens with one attached hydrogen (secondary N) is 1. The van der Waals surface area contributed by atoms with Gasteiger partial charge in [0.25, 0.3) is 0 Å². The highest BCUT2D eigenvalue weighted by atomic mass is 35.5. The first-order chi connectivity index (χ1) is 12.4. The average Bonchev–Trinajstić information content (AvgIpc) is 3.04. The van der Waals surface area contributed by atoms with E-state index in [0.717, 1.165) is 12.8 Å². The summed E-state index contributed by atoms with van der Waals surface area (Å²) in [5, 5.41) is 2.40. The number of aliphatic imine (C=N–C) groups is 1. The Bertz CT molecular complexity index is 685. The molecule has 0 saturated heterocycles. The van der Waals surface area contributed by atoms with Crippen LogP contribution in [0.2, 0.25) is 10.0 Å². The van der Waals surface area contributed by atoms with Crippen molar-refractivity contribution >= 4 is 46.5 Å². The summed E-state index contributed by atoms with van der Waals surface area (Å²) in [6.45, 7) is -1.25. The first kappa shape index (κ1) is 22.5. The quantitative estimate of drug-likeness (QED) is 0.224. The van der Waals surface area contributed by atoms with Crippen LogP contribution >= 0.6 is 35.0 Å². The van der Waals surface area contributed by atoms with E-state index in [2.05, 4.69) is 10.3 Å². The molecule has 1 fully saturated rings. The number of amidine groups is 1. The number of benzene rings is 1. The number of nitrogens with zero attached hydrogens (tertiary/aromatic N) is 1. The second kappa shape index (κ2) is 9.13. The van der Waals surface area contributed by atoms with Gasteiger partial charge >= 0.3 is 12.4 Å². The molecule has 1 aromatic carbocycles. The number of thioether (sulfide) groups is 1. The van der Waals surface area contributed by atoms with Crippen LogP contribution in [0.1, 0.15) is 25.7 Å². The second-order valence-corrected chi connectivity index (χ2v) is 7.92. The van der Waals surface area contributed by atoms with Crippen LogP contribution in [0.5, 0.6) is 0 Å². The van der Waals surface area contributed by atoms with Crippen LogP contribution in [0.25, 0.3) is 0 Å². The lowest BCUT2D eigenvalue weighted by molar-refractivity contribution is -0.122. The smallest absolute Gasteiger partial charge is 0.364 e. The van der Waals surface area contributed by atoms with Crippen molar-refractivity contribution in [2.45, 2.75) is 42.9 Å². The Morgan fingerprint density at radius 3 is 2.22 bits per heavy atom. The summed E-state index contributed by atoms with van der Waals surface area (Å²) in [5.74, 6) is -1.19. The minimum absolute atomic E-state index is 0.0267. The summed E-state index contributed by atoms with van der Waals surface area (Å²) in [6, 6.07) is 2.52. The van der Waals surface area contributed by atoms with Gasteiger partial charge in [0.2, 0.25) is 0 Å². The molecule has 1 aliphatic rings. The van der Waals surface area contributed by atoms with Gasteiger partial charge in [0.1, 0.15) is 12.4 Å². The summed E-state index contributed by atoms with van der Waals surface area (Å²) < 4.78 is 75.1. The van der Waals surface area contributed by atoms with Crippen LogP contribution in [0.3, 0.4) is 0 Å². The van der Waals surface area contributed by atoms with Crippen LogP contribution < -0.4 is 5.32 Å². The van der Waals surface area contributed by atoms with Gasteiger partial charge in [-0.2, -0.15) is 26.3 Å². The molecule has 0 aromatic heterocycles. The maximum Gasteiger partial charge on any atom is 0.405 e. The van der Waals surface area contributed by atoms with E-state index in [9.17, 15) is 26.3 Å². The third kappa shape index (κ3) is 7.62. The van der Waals surface area contributed by atoms with Crippen LogP contribution in [0.15, 0.2) is 22.0 Å². The predicted molar refractivity (Wildman–Crippen MR) is 96.4 cm³/mol. The van der Waals surface area contributed by atoms with E-state index in [1.807, 2.05) is 0 Å². The first-order valence-electron chi connectivity index (χ1n) is 8.02. The largest absolute Gasteiger partial charge is 0.405 e. The summed E-state index contributed by atoms with van der Waals surface area (Å²) in [7, 11) is 0. The van der Waals surface area contributed by atoms with Gasteiger partial charge in [-0.15, -0.1) is 11.8 Å². The van der Waals surface area contributed by atoms with Crippen LogP contribution in [-0.2, 0) is 0 Å². The number of halogens is 8. The van der Waals surface area contributed by atoms with Crippen molar-refractivity contribution in [3.05, 3.63) is 22.2 Å². The molecule has 2 rings (SSSR count). The van der Waals surface area contributed by atoms with Crippen molar-refractivity contribution in [1.82, 2.24) is 5.32 Å². The molecule has 11 heteroatoms. The van der Waals surface area contributed by atoms with E-state index in [1.165, 1.54) is 12.1 Å². The molecule has 1 saturated carbocycles. The van der Waals surface area contributed by atoms with Crippen molar-refractivity contribution in [2.75, 3.05) is 12.3 Å². The first-order valence-corrected chi connectivity index (χ1v) is 9.76. The third-order valence-corrected chi connectivity index (χ3v) is 5.69. The Balaban J connectivity index is 2.30. The SMILES string of the molecule is FC(F)(F)CN/C(=N\c1cc(SCC(F)(F)F)c(Cl)cc1Cl)C1CCCC1. The zero-order valence-electron chi connectivity index (χ0n) is 13.9. The van der Waals surface area contributed by atoms with Gasteiger partial charge in [-0.1, -0.05) is 36.0 Å². The van der Waals surface area contributed by atoms with Crippen LogP contribution in [-0.4, -0.2) is 30.5 Å². The number of hydrogen-bond donors (Lipinski definition) is 1. The zero-order valence-corrected chi connectivity index (χ0v) is 16.2. The minimum atomic E-state index is -4.42. The summed E-state index contributed by atoms with van der Waals surface area (Å²) in [5.41, 5.74) is 0.0855. The van der Waals surface area contributed by atoms with Gasteiger partial charge in [-0.3, -0.25) is 0 Å². The summed E-state index contributed by atoms with van der Waals surface area (Å²) in [6.07, 6.45) is -5.69. The number of hydrogen-bond acceptors (Lipinski definition) is 2. The number of rotatable bonds is 5. The minimum Gasteiger partial charge on any atom is -0.364 e. The molecular weight excluding hydrogens is 437 g/mol. The van der Waals surface area contributed by atoms with Crippen molar-refractivity contribution in [3.8, 4) is 0 Å². The lowest BCUT2D eigenvalue weighted by atomic mass is 10.1. The molecule has 1 aliphatic carbocycles. The molecular formula is C16H16Cl2F6N2S. The fourth-order valence-corrected chi connectivity index (χ4v) is 3.97. The Kier molecular flexibility index (Phi) is 7.61. The second-order valence-electron chi connectivity index (χ2n) is 6.09. The van der Waals surface area contributed by atoms with E-state index in [4.69, 9.17) is 23.2 Å². The molecule has 2 nitrogen and oxygen atoms in total. The zero-order chi connectivity index (χ0) is 20.2. The highest BCUT2D eigenvalue weighted by Crippen LogP contribution is 2.39. The van der Waals surface area contributed by atoms with E-state index >= 15 is 0 Å². The van der Waals surface area contributed by atoms with Crippen LogP contribution in [0, 0.1) is 5.92 Å². The van der Waals surface area contributed by atoms with Crippen molar-refractivity contribution in [2.24, 2.45) is 10.9 Å². The summed E-state index contributed by atoms with van der Waals surface area (Å²) >= 11 is 12.5. The van der Waals surface area contributed by atoms with Gasteiger partial charge in [-0.25, -0.2) is 4.99 Å². The molecule has 0 amide bonds. The normalized spacial score (nSPS) is 16.8. The molecule has 0 aliphatic heterocycles. The van der Waals surface area contributed by atoms with Crippen LogP contribution in [0.4, 0.5) is 32.0 Å². The molecule has 27 heavy (non-hydrogen) atoms. The van der Waals surface area contributed by atoms with E-state index in [1.54, 1.807) is 0 Å². The molecule has 0 bridgehead atoms. The Morgan fingerprint density at radius 1 is 1.04 bits per heavy atom. The highest BCUT2D eigenvalue weighted by molar-refractivity contribution is 7.99. The number of alkyl halides is 6. The van der Waals surface area contributed by atoms with Gasteiger partial charge < -0.3 is 5.32 Å². The molecule has 1 N–H and O–H groups in total. The Morgan fingerprint density at radius 2 is 1.67 bits per heavy atom. The average molecular weight is 453 g/mol. The van der Waals surface area contributed by atoms with E-state index in [-0.39, 0.29) is 32.4 Å². The lowest BCUT2D eigenvalue weighted by Gasteiger charge is -2.18. The molecule has 1 aromatic rings. The van der Waals surface area contributed by atoms with E-state index < -0.39 is 24.7 Å². The van der Waals surface area contributed by atoms with Crippen molar-refractivity contribution < 1.29 is 26.3 Å². The lowest BCUT2D eigenvalue weighted by Crippen LogP contribution is -2.37. The molecule has 152 valence electrons. The topological polar surface area (TPSA) is 24.4 Å². The van der Waals surface area contributed by atoms with Crippen molar-refractivity contribution in [3.63, 3.8) is 0 Å². The standard InChI is InChI=1S/C16H16Cl2F6N2S/c17-10-5-11(18)13(27-8-16(22,23)24)6-12(10)26-14(9-3-1-2-4-9)25-7-15(19,20)21/h5-6,9H,1-4,7-8H2,(H,25,26). The fraction of sp³-hybridized carbons (Fsp3) is 0.562. The van der Waals surface area contributed by atoms with Gasteiger partial charge in [0, 0.05) is 10.8 Å². The summed E-state index contributed by atoms with van der Waals surface area (Å²) in [4.78, 5) is 4.32. The molecule has 0 radical (unpaired) electrons. The molecule has 0 spiro atoms. The maximum absolute atomic E-state index is 12.6. The maximum atomic E-state index is 12.6.